The molecule has 1 amide bonds. The van der Waals surface area contributed by atoms with Crippen molar-refractivity contribution in [3.8, 4) is 5.75 Å². The Kier molecular flexibility index (Phi) is 5.63. The van der Waals surface area contributed by atoms with Gasteiger partial charge in [-0.2, -0.15) is 0 Å². The van der Waals surface area contributed by atoms with Crippen molar-refractivity contribution in [3.05, 3.63) is 64.5 Å². The molecule has 0 fully saturated rings. The van der Waals surface area contributed by atoms with Crippen LogP contribution in [0, 0.1) is 10.1 Å². The summed E-state index contributed by atoms with van der Waals surface area (Å²) in [6.07, 6.45) is 1.84. The van der Waals surface area contributed by atoms with E-state index in [1.54, 1.807) is 6.07 Å². The Morgan fingerprint density at radius 1 is 1.10 bits per heavy atom. The first-order chi connectivity index (χ1) is 13.9. The molecule has 3 rings (SSSR count). The number of ether oxygens (including phenoxy) is 2. The van der Waals surface area contributed by atoms with Crippen LogP contribution >= 0.6 is 0 Å². The fourth-order valence-corrected chi connectivity index (χ4v) is 2.50. The number of hydrogen-bond donors (Lipinski definition) is 1. The van der Waals surface area contributed by atoms with Gasteiger partial charge >= 0.3 is 5.97 Å². The van der Waals surface area contributed by atoms with Gasteiger partial charge in [-0.1, -0.05) is 0 Å². The Labute approximate surface area is 164 Å². The molecular formula is C19H16N4O6. The summed E-state index contributed by atoms with van der Waals surface area (Å²) in [5.74, 6) is -1.18. The SMILES string of the molecule is COc1ccc(NC(=O)[C@H](C)OC(=O)c2ccc3nccnc3c2)c([N+](=O)[O-])c1. The number of rotatable bonds is 6. The number of carbonyl (C=O) groups excluding carboxylic acids is 2. The molecule has 0 unspecified atom stereocenters. The van der Waals surface area contributed by atoms with E-state index in [-0.39, 0.29) is 22.7 Å². The van der Waals surface area contributed by atoms with Gasteiger partial charge in [-0.3, -0.25) is 24.9 Å². The van der Waals surface area contributed by atoms with Crippen LogP contribution in [0.1, 0.15) is 17.3 Å². The van der Waals surface area contributed by atoms with Crippen LogP contribution in [0.3, 0.4) is 0 Å². The molecule has 0 bridgehead atoms. The highest BCUT2D eigenvalue weighted by molar-refractivity contribution is 5.99. The van der Waals surface area contributed by atoms with E-state index in [9.17, 15) is 19.7 Å². The molecule has 1 atom stereocenters. The third-order valence-electron chi connectivity index (χ3n) is 4.02. The van der Waals surface area contributed by atoms with Gasteiger partial charge in [-0.15, -0.1) is 0 Å². The number of aromatic nitrogens is 2. The zero-order valence-electron chi connectivity index (χ0n) is 15.5. The molecule has 0 aliphatic rings. The van der Waals surface area contributed by atoms with E-state index in [4.69, 9.17) is 9.47 Å². The lowest BCUT2D eigenvalue weighted by molar-refractivity contribution is -0.384. The van der Waals surface area contributed by atoms with Gasteiger partial charge in [-0.25, -0.2) is 4.79 Å². The summed E-state index contributed by atoms with van der Waals surface area (Å²) in [6.45, 7) is 1.36. The number of hydrogen-bond acceptors (Lipinski definition) is 8. The third kappa shape index (κ3) is 4.43. The minimum atomic E-state index is -1.19. The molecule has 1 aromatic heterocycles. The molecule has 0 spiro atoms. The Morgan fingerprint density at radius 2 is 1.83 bits per heavy atom. The Morgan fingerprint density at radius 3 is 2.52 bits per heavy atom. The van der Waals surface area contributed by atoms with Gasteiger partial charge in [0.2, 0.25) is 0 Å². The second-order valence-electron chi connectivity index (χ2n) is 5.94. The van der Waals surface area contributed by atoms with Gasteiger partial charge in [0, 0.05) is 12.4 Å². The molecule has 10 nitrogen and oxygen atoms in total. The molecule has 0 saturated carbocycles. The molecule has 148 valence electrons. The topological polar surface area (TPSA) is 134 Å². The minimum absolute atomic E-state index is 0.0373. The van der Waals surface area contributed by atoms with E-state index in [2.05, 4.69) is 15.3 Å². The number of nitro benzene ring substituents is 1. The van der Waals surface area contributed by atoms with Crippen molar-refractivity contribution in [3.63, 3.8) is 0 Å². The monoisotopic (exact) mass is 396 g/mol. The molecule has 1 heterocycles. The average Bonchev–Trinajstić information content (AvgIpc) is 2.73. The van der Waals surface area contributed by atoms with Gasteiger partial charge in [-0.05, 0) is 37.3 Å². The molecule has 29 heavy (non-hydrogen) atoms. The van der Waals surface area contributed by atoms with Gasteiger partial charge in [0.25, 0.3) is 11.6 Å². The fraction of sp³-hybridized carbons (Fsp3) is 0.158. The van der Waals surface area contributed by atoms with Crippen LogP contribution in [0.25, 0.3) is 11.0 Å². The smallest absolute Gasteiger partial charge is 0.338 e. The lowest BCUT2D eigenvalue weighted by Crippen LogP contribution is -2.30. The Balaban J connectivity index is 1.71. The van der Waals surface area contributed by atoms with Gasteiger partial charge in [0.15, 0.2) is 6.10 Å². The van der Waals surface area contributed by atoms with Crippen molar-refractivity contribution in [2.24, 2.45) is 0 Å². The molecule has 2 aromatic carbocycles. The van der Waals surface area contributed by atoms with Crippen LogP contribution in [0.2, 0.25) is 0 Å². The first-order valence-electron chi connectivity index (χ1n) is 8.44. The maximum absolute atomic E-state index is 12.4. The van der Waals surface area contributed by atoms with Crippen molar-refractivity contribution in [2.45, 2.75) is 13.0 Å². The predicted octanol–water partition coefficient (Wildman–Crippen LogP) is 2.73. The number of amides is 1. The predicted molar refractivity (Wildman–Crippen MR) is 103 cm³/mol. The summed E-state index contributed by atoms with van der Waals surface area (Å²) in [7, 11) is 1.37. The number of fused-ring (bicyclic) bond motifs is 1. The summed E-state index contributed by atoms with van der Waals surface area (Å²) >= 11 is 0. The van der Waals surface area contributed by atoms with Crippen LogP contribution in [0.4, 0.5) is 11.4 Å². The summed E-state index contributed by atoms with van der Waals surface area (Å²) in [5.41, 5.74) is 0.941. The highest BCUT2D eigenvalue weighted by Crippen LogP contribution is 2.29. The van der Waals surface area contributed by atoms with E-state index >= 15 is 0 Å². The first-order valence-corrected chi connectivity index (χ1v) is 8.44. The second kappa shape index (κ2) is 8.30. The maximum Gasteiger partial charge on any atom is 0.338 e. The molecule has 1 N–H and O–H groups in total. The largest absolute Gasteiger partial charge is 0.496 e. The molecule has 0 aliphatic heterocycles. The van der Waals surface area contributed by atoms with Gasteiger partial charge < -0.3 is 14.8 Å². The lowest BCUT2D eigenvalue weighted by atomic mass is 10.2. The second-order valence-corrected chi connectivity index (χ2v) is 5.94. The van der Waals surface area contributed by atoms with E-state index in [0.29, 0.717) is 11.0 Å². The number of esters is 1. The number of nitrogens with one attached hydrogen (secondary N) is 1. The first kappa shape index (κ1) is 19.7. The standard InChI is InChI=1S/C19H16N4O6/c1-11(18(24)22-15-6-4-13(28-2)10-17(15)23(26)27)29-19(25)12-3-5-14-16(9-12)21-8-7-20-14/h3-11H,1-2H3,(H,22,24)/t11-/m0/s1. The van der Waals surface area contributed by atoms with Crippen molar-refractivity contribution < 1.29 is 24.0 Å². The summed E-state index contributed by atoms with van der Waals surface area (Å²) in [6, 6.07) is 8.62. The normalized spacial score (nSPS) is 11.5. The molecule has 0 aliphatic carbocycles. The number of nitrogens with zero attached hydrogens (tertiary/aromatic N) is 3. The number of anilines is 1. The van der Waals surface area contributed by atoms with Gasteiger partial charge in [0.05, 0.1) is 34.7 Å². The summed E-state index contributed by atoms with van der Waals surface area (Å²) in [5, 5.41) is 13.6. The number of benzene rings is 2. The quantitative estimate of drug-likeness (QED) is 0.382. The number of methoxy groups -OCH3 is 1. The zero-order chi connectivity index (χ0) is 21.0. The van der Waals surface area contributed by atoms with E-state index in [1.165, 1.54) is 56.8 Å². The van der Waals surface area contributed by atoms with Crippen LogP contribution in [-0.4, -0.2) is 40.0 Å². The summed E-state index contributed by atoms with van der Waals surface area (Å²) < 4.78 is 10.1. The molecule has 0 radical (unpaired) electrons. The van der Waals surface area contributed by atoms with E-state index < -0.39 is 22.9 Å². The lowest BCUT2D eigenvalue weighted by Gasteiger charge is -2.14. The Bertz CT molecular complexity index is 1100. The van der Waals surface area contributed by atoms with Crippen molar-refractivity contribution in [1.82, 2.24) is 9.97 Å². The number of carbonyl (C=O) groups is 2. The third-order valence-corrected chi connectivity index (χ3v) is 4.02. The van der Waals surface area contributed by atoms with Crippen molar-refractivity contribution in [2.75, 3.05) is 12.4 Å². The van der Waals surface area contributed by atoms with E-state index in [1.807, 2.05) is 0 Å². The fourth-order valence-electron chi connectivity index (χ4n) is 2.50. The molecule has 3 aromatic rings. The Hall–Kier alpha value is -4.08. The molecule has 0 saturated heterocycles. The summed E-state index contributed by atoms with van der Waals surface area (Å²) in [4.78, 5) is 43.5. The van der Waals surface area contributed by atoms with Crippen LogP contribution < -0.4 is 10.1 Å². The van der Waals surface area contributed by atoms with Crippen molar-refractivity contribution >= 4 is 34.3 Å². The van der Waals surface area contributed by atoms with Crippen LogP contribution in [0.5, 0.6) is 5.75 Å². The van der Waals surface area contributed by atoms with E-state index in [0.717, 1.165) is 0 Å². The maximum atomic E-state index is 12.4. The number of nitro groups is 1. The van der Waals surface area contributed by atoms with Crippen LogP contribution in [-0.2, 0) is 9.53 Å². The molecule has 10 heteroatoms. The highest BCUT2D eigenvalue weighted by atomic mass is 16.6. The minimum Gasteiger partial charge on any atom is -0.496 e. The average molecular weight is 396 g/mol. The van der Waals surface area contributed by atoms with Crippen LogP contribution in [0.15, 0.2) is 48.8 Å². The molecular weight excluding hydrogens is 380 g/mol. The zero-order valence-corrected chi connectivity index (χ0v) is 15.5. The van der Waals surface area contributed by atoms with Gasteiger partial charge in [0.1, 0.15) is 11.4 Å². The highest BCUT2D eigenvalue weighted by Gasteiger charge is 2.23. The van der Waals surface area contributed by atoms with Crippen molar-refractivity contribution in [1.29, 1.82) is 0 Å².